The summed E-state index contributed by atoms with van der Waals surface area (Å²) in [4.78, 5) is 2.00. The van der Waals surface area contributed by atoms with Crippen molar-refractivity contribution < 1.29 is 18.3 Å². The number of benzene rings is 1. The lowest BCUT2D eigenvalue weighted by Gasteiger charge is -2.27. The van der Waals surface area contributed by atoms with Crippen molar-refractivity contribution in [2.45, 2.75) is 26.1 Å². The number of nitrogens with zero attached hydrogens (tertiary/aromatic N) is 1. The molecule has 102 valence electrons. The topological polar surface area (TPSA) is 23.5 Å². The van der Waals surface area contributed by atoms with Crippen LogP contribution in [0.15, 0.2) is 24.3 Å². The third-order valence-electron chi connectivity index (χ3n) is 3.06. The van der Waals surface area contributed by atoms with Crippen LogP contribution in [-0.2, 0) is 6.18 Å². The van der Waals surface area contributed by atoms with Crippen LogP contribution in [0.5, 0.6) is 0 Å². The van der Waals surface area contributed by atoms with Gasteiger partial charge in [-0.1, -0.05) is 19.1 Å². The van der Waals surface area contributed by atoms with E-state index in [2.05, 4.69) is 0 Å². The van der Waals surface area contributed by atoms with Crippen LogP contribution in [0.1, 0.15) is 31.0 Å². The summed E-state index contributed by atoms with van der Waals surface area (Å²) in [6.45, 7) is 5.16. The average Bonchev–Trinajstić information content (AvgIpc) is 2.34. The van der Waals surface area contributed by atoms with Crippen LogP contribution in [0, 0.1) is 0 Å². The van der Waals surface area contributed by atoms with E-state index in [0.717, 1.165) is 24.2 Å². The highest BCUT2D eigenvalue weighted by Gasteiger charge is 2.30. The number of likely N-dealkylation sites (N-methyl/N-ethyl adjacent to an activating group) is 1. The molecule has 0 aromatic heterocycles. The molecule has 1 aromatic carbocycles. The second-order valence-corrected chi connectivity index (χ2v) is 4.15. The summed E-state index contributed by atoms with van der Waals surface area (Å²) in [5.74, 6) is 0. The number of rotatable bonds is 5. The van der Waals surface area contributed by atoms with Gasteiger partial charge in [0.25, 0.3) is 0 Å². The van der Waals surface area contributed by atoms with E-state index in [1.165, 1.54) is 12.1 Å². The number of hydrogen-bond acceptors (Lipinski definition) is 2. The van der Waals surface area contributed by atoms with Gasteiger partial charge in [0, 0.05) is 12.6 Å². The van der Waals surface area contributed by atoms with Crippen LogP contribution in [0.4, 0.5) is 13.2 Å². The molecule has 0 saturated heterocycles. The molecule has 2 nitrogen and oxygen atoms in total. The van der Waals surface area contributed by atoms with E-state index in [9.17, 15) is 13.2 Å². The largest absolute Gasteiger partial charge is 0.416 e. The molecule has 5 heteroatoms. The van der Waals surface area contributed by atoms with E-state index < -0.39 is 11.7 Å². The Bertz CT molecular complexity index is 361. The van der Waals surface area contributed by atoms with Crippen molar-refractivity contribution in [2.75, 3.05) is 19.7 Å². The molecule has 18 heavy (non-hydrogen) atoms. The minimum atomic E-state index is -4.29. The summed E-state index contributed by atoms with van der Waals surface area (Å²) in [5.41, 5.74) is 0.182. The molecule has 1 rings (SSSR count). The maximum absolute atomic E-state index is 12.4. The fourth-order valence-corrected chi connectivity index (χ4v) is 1.92. The Hall–Kier alpha value is -1.07. The second kappa shape index (κ2) is 6.20. The Morgan fingerprint density at radius 1 is 1.22 bits per heavy atom. The van der Waals surface area contributed by atoms with E-state index in [0.29, 0.717) is 6.54 Å². The van der Waals surface area contributed by atoms with Gasteiger partial charge >= 0.3 is 6.18 Å². The van der Waals surface area contributed by atoms with Gasteiger partial charge in [-0.15, -0.1) is 0 Å². The zero-order chi connectivity index (χ0) is 13.8. The third kappa shape index (κ3) is 3.71. The maximum Gasteiger partial charge on any atom is 0.416 e. The van der Waals surface area contributed by atoms with Crippen molar-refractivity contribution in [3.8, 4) is 0 Å². The standard InChI is InChI=1S/C13H18F3NO/c1-3-17(8-9-18)10(2)11-4-6-12(7-5-11)13(14,15)16/h4-7,10,18H,3,8-9H2,1-2H3. The van der Waals surface area contributed by atoms with E-state index in [4.69, 9.17) is 5.11 Å². The highest BCUT2D eigenvalue weighted by Crippen LogP contribution is 2.30. The van der Waals surface area contributed by atoms with Crippen LogP contribution in [-0.4, -0.2) is 29.7 Å². The molecule has 0 aliphatic rings. The highest BCUT2D eigenvalue weighted by atomic mass is 19.4. The molecule has 0 radical (unpaired) electrons. The molecular formula is C13H18F3NO. The third-order valence-corrected chi connectivity index (χ3v) is 3.06. The van der Waals surface area contributed by atoms with Crippen LogP contribution >= 0.6 is 0 Å². The van der Waals surface area contributed by atoms with Crippen molar-refractivity contribution in [1.82, 2.24) is 4.90 Å². The number of hydrogen-bond donors (Lipinski definition) is 1. The minimum Gasteiger partial charge on any atom is -0.395 e. The van der Waals surface area contributed by atoms with Gasteiger partial charge in [-0.05, 0) is 31.2 Å². The minimum absolute atomic E-state index is 0.00978. The molecule has 1 aromatic rings. The molecular weight excluding hydrogens is 243 g/mol. The van der Waals surface area contributed by atoms with Gasteiger partial charge < -0.3 is 5.11 Å². The Labute approximate surface area is 105 Å². The average molecular weight is 261 g/mol. The monoisotopic (exact) mass is 261 g/mol. The predicted molar refractivity (Wildman–Crippen MR) is 64.2 cm³/mol. The van der Waals surface area contributed by atoms with E-state index in [1.807, 2.05) is 18.7 Å². The molecule has 0 saturated carbocycles. The molecule has 0 amide bonds. The summed E-state index contributed by atoms with van der Waals surface area (Å²) in [7, 11) is 0. The van der Waals surface area contributed by atoms with Crippen LogP contribution in [0.3, 0.4) is 0 Å². The normalized spacial score (nSPS) is 13.9. The van der Waals surface area contributed by atoms with Crippen LogP contribution < -0.4 is 0 Å². The fourth-order valence-electron chi connectivity index (χ4n) is 1.92. The second-order valence-electron chi connectivity index (χ2n) is 4.15. The summed E-state index contributed by atoms with van der Waals surface area (Å²) in [6, 6.07) is 5.17. The van der Waals surface area contributed by atoms with Crippen molar-refractivity contribution in [1.29, 1.82) is 0 Å². The van der Waals surface area contributed by atoms with Gasteiger partial charge in [0.2, 0.25) is 0 Å². The smallest absolute Gasteiger partial charge is 0.395 e. The molecule has 0 heterocycles. The quantitative estimate of drug-likeness (QED) is 0.880. The Morgan fingerprint density at radius 2 is 1.78 bits per heavy atom. The predicted octanol–water partition coefficient (Wildman–Crippen LogP) is 3.08. The number of halogens is 3. The molecule has 0 aliphatic carbocycles. The summed E-state index contributed by atoms with van der Waals surface area (Å²) < 4.78 is 37.3. The number of alkyl halides is 3. The molecule has 0 fully saturated rings. The first-order chi connectivity index (χ1) is 8.40. The van der Waals surface area contributed by atoms with Gasteiger partial charge in [0.1, 0.15) is 0 Å². The first-order valence-corrected chi connectivity index (χ1v) is 5.92. The lowest BCUT2D eigenvalue weighted by molar-refractivity contribution is -0.137. The van der Waals surface area contributed by atoms with Crippen molar-refractivity contribution in [3.63, 3.8) is 0 Å². The van der Waals surface area contributed by atoms with E-state index in [1.54, 1.807) is 0 Å². The Balaban J connectivity index is 2.84. The van der Waals surface area contributed by atoms with Crippen molar-refractivity contribution in [3.05, 3.63) is 35.4 Å². The Morgan fingerprint density at radius 3 is 2.17 bits per heavy atom. The molecule has 1 unspecified atom stereocenters. The van der Waals surface area contributed by atoms with Crippen molar-refractivity contribution >= 4 is 0 Å². The number of aliphatic hydroxyl groups excluding tert-OH is 1. The van der Waals surface area contributed by atoms with Gasteiger partial charge in [-0.2, -0.15) is 13.2 Å². The molecule has 0 bridgehead atoms. The first-order valence-electron chi connectivity index (χ1n) is 5.92. The fraction of sp³-hybridized carbons (Fsp3) is 0.538. The molecule has 0 aliphatic heterocycles. The van der Waals surface area contributed by atoms with Crippen molar-refractivity contribution in [2.24, 2.45) is 0 Å². The molecule has 1 atom stereocenters. The Kier molecular flexibility index (Phi) is 5.16. The van der Waals surface area contributed by atoms with Gasteiger partial charge in [0.15, 0.2) is 0 Å². The van der Waals surface area contributed by atoms with Gasteiger partial charge in [0.05, 0.1) is 12.2 Å². The molecule has 1 N–H and O–H groups in total. The summed E-state index contributed by atoms with van der Waals surface area (Å²) >= 11 is 0. The van der Waals surface area contributed by atoms with E-state index >= 15 is 0 Å². The summed E-state index contributed by atoms with van der Waals surface area (Å²) in [6.07, 6.45) is -4.29. The number of aliphatic hydroxyl groups is 1. The van der Waals surface area contributed by atoms with E-state index in [-0.39, 0.29) is 12.6 Å². The van der Waals surface area contributed by atoms with Gasteiger partial charge in [-0.3, -0.25) is 4.90 Å². The maximum atomic E-state index is 12.4. The zero-order valence-electron chi connectivity index (χ0n) is 10.5. The summed E-state index contributed by atoms with van der Waals surface area (Å²) in [5, 5.41) is 8.92. The zero-order valence-corrected chi connectivity index (χ0v) is 10.5. The molecule has 0 spiro atoms. The lowest BCUT2D eigenvalue weighted by atomic mass is 10.0. The van der Waals surface area contributed by atoms with Gasteiger partial charge in [-0.25, -0.2) is 0 Å². The van der Waals surface area contributed by atoms with Crippen LogP contribution in [0.2, 0.25) is 0 Å². The lowest BCUT2D eigenvalue weighted by Crippen LogP contribution is -2.29. The van der Waals surface area contributed by atoms with Crippen LogP contribution in [0.25, 0.3) is 0 Å². The highest BCUT2D eigenvalue weighted by molar-refractivity contribution is 5.26. The first kappa shape index (κ1) is 15.0. The SMILES string of the molecule is CCN(CCO)C(C)c1ccc(C(F)(F)F)cc1.